The topological polar surface area (TPSA) is 63.4 Å². The molecule has 2 unspecified atom stereocenters. The Bertz CT molecular complexity index is 587. The zero-order chi connectivity index (χ0) is 15.6. The Morgan fingerprint density at radius 2 is 1.81 bits per heavy atom. The molecule has 0 bridgehead atoms. The van der Waals surface area contributed by atoms with Crippen molar-refractivity contribution in [2.45, 2.75) is 36.6 Å². The summed E-state index contributed by atoms with van der Waals surface area (Å²) in [5.74, 6) is 0.180. The fourth-order valence-electron chi connectivity index (χ4n) is 2.99. The normalized spacial score (nSPS) is 23.5. The predicted molar refractivity (Wildman–Crippen MR) is 86.2 cm³/mol. The van der Waals surface area contributed by atoms with Gasteiger partial charge in [0.25, 0.3) is 0 Å². The highest BCUT2D eigenvalue weighted by Gasteiger charge is 2.36. The third kappa shape index (κ3) is 3.37. The summed E-state index contributed by atoms with van der Waals surface area (Å²) in [6.07, 6.45) is 3.88. The second kappa shape index (κ2) is 6.84. The number of benzene rings is 1. The van der Waals surface area contributed by atoms with Crippen LogP contribution in [-0.4, -0.2) is 32.4 Å². The Kier molecular flexibility index (Phi) is 5.54. The van der Waals surface area contributed by atoms with Crippen molar-refractivity contribution in [1.82, 2.24) is 4.31 Å². The van der Waals surface area contributed by atoms with Crippen molar-refractivity contribution in [3.05, 3.63) is 28.2 Å². The molecule has 2 atom stereocenters. The molecule has 1 aliphatic rings. The largest absolute Gasteiger partial charge is 0.330 e. The van der Waals surface area contributed by atoms with E-state index in [-0.39, 0.29) is 26.9 Å². The third-order valence-electron chi connectivity index (χ3n) is 4.19. The van der Waals surface area contributed by atoms with E-state index in [2.05, 4.69) is 0 Å². The first-order valence-electron chi connectivity index (χ1n) is 7.01. The molecule has 1 aromatic rings. The van der Waals surface area contributed by atoms with Gasteiger partial charge in [-0.25, -0.2) is 8.42 Å². The smallest absolute Gasteiger partial charge is 0.246 e. The van der Waals surface area contributed by atoms with Gasteiger partial charge >= 0.3 is 0 Å². The maximum Gasteiger partial charge on any atom is 0.246 e. The van der Waals surface area contributed by atoms with E-state index in [9.17, 15) is 8.42 Å². The second-order valence-electron chi connectivity index (χ2n) is 5.42. The molecule has 0 radical (unpaired) electrons. The second-order valence-corrected chi connectivity index (χ2v) is 8.17. The van der Waals surface area contributed by atoms with Crippen molar-refractivity contribution >= 4 is 33.2 Å². The summed E-state index contributed by atoms with van der Waals surface area (Å²) in [6, 6.07) is 4.61. The minimum atomic E-state index is -3.73. The van der Waals surface area contributed by atoms with Crippen molar-refractivity contribution in [3.63, 3.8) is 0 Å². The van der Waals surface area contributed by atoms with Gasteiger partial charge in [-0.2, -0.15) is 4.31 Å². The first-order chi connectivity index (χ1) is 9.89. The summed E-state index contributed by atoms with van der Waals surface area (Å²) < 4.78 is 27.1. The van der Waals surface area contributed by atoms with E-state index in [0.29, 0.717) is 6.54 Å². The van der Waals surface area contributed by atoms with Gasteiger partial charge in [0.15, 0.2) is 0 Å². The highest BCUT2D eigenvalue weighted by atomic mass is 35.5. The van der Waals surface area contributed by atoms with E-state index in [0.717, 1.165) is 25.7 Å². The summed E-state index contributed by atoms with van der Waals surface area (Å²) in [4.78, 5) is -0.0165. The van der Waals surface area contributed by atoms with Gasteiger partial charge in [-0.05, 0) is 37.4 Å². The molecule has 4 nitrogen and oxygen atoms in total. The van der Waals surface area contributed by atoms with E-state index in [4.69, 9.17) is 28.9 Å². The van der Waals surface area contributed by atoms with Crippen molar-refractivity contribution in [2.24, 2.45) is 11.7 Å². The van der Waals surface area contributed by atoms with Crippen LogP contribution in [0.5, 0.6) is 0 Å². The van der Waals surface area contributed by atoms with Crippen LogP contribution in [0.25, 0.3) is 0 Å². The van der Waals surface area contributed by atoms with Crippen LogP contribution >= 0.6 is 23.2 Å². The zero-order valence-corrected chi connectivity index (χ0v) is 14.3. The van der Waals surface area contributed by atoms with E-state index in [1.807, 2.05) is 0 Å². The lowest BCUT2D eigenvalue weighted by Crippen LogP contribution is -2.45. The molecule has 1 aromatic carbocycles. The Morgan fingerprint density at radius 1 is 1.24 bits per heavy atom. The highest BCUT2D eigenvalue weighted by molar-refractivity contribution is 7.89. The van der Waals surface area contributed by atoms with E-state index < -0.39 is 10.0 Å². The van der Waals surface area contributed by atoms with E-state index in [1.165, 1.54) is 16.4 Å². The van der Waals surface area contributed by atoms with Crippen LogP contribution in [0.2, 0.25) is 10.0 Å². The van der Waals surface area contributed by atoms with Crippen LogP contribution < -0.4 is 5.73 Å². The van der Waals surface area contributed by atoms with Crippen molar-refractivity contribution in [1.29, 1.82) is 0 Å². The molecule has 0 aliphatic heterocycles. The molecule has 0 aromatic heterocycles. The summed E-state index contributed by atoms with van der Waals surface area (Å²) >= 11 is 12.1. The number of halogens is 2. The molecule has 0 spiro atoms. The molecular formula is C14H20Cl2N2O2S. The Labute approximate surface area is 136 Å². The first kappa shape index (κ1) is 17.0. The molecule has 118 valence electrons. The van der Waals surface area contributed by atoms with E-state index >= 15 is 0 Å². The SMILES string of the molecule is CN(C1CCCCC1CN)S(=O)(=O)c1c(Cl)cccc1Cl. The highest BCUT2D eigenvalue weighted by Crippen LogP contribution is 2.35. The van der Waals surface area contributed by atoms with Gasteiger partial charge in [-0.15, -0.1) is 0 Å². The fourth-order valence-corrected chi connectivity index (χ4v) is 5.53. The Hall–Kier alpha value is -0.330. The molecular weight excluding hydrogens is 331 g/mol. The summed E-state index contributed by atoms with van der Waals surface area (Å²) in [6.45, 7) is 0.487. The lowest BCUT2D eigenvalue weighted by Gasteiger charge is -2.36. The van der Waals surface area contributed by atoms with Crippen molar-refractivity contribution in [3.8, 4) is 0 Å². The molecule has 2 N–H and O–H groups in total. The molecule has 21 heavy (non-hydrogen) atoms. The van der Waals surface area contributed by atoms with Crippen LogP contribution in [0.15, 0.2) is 23.1 Å². The zero-order valence-electron chi connectivity index (χ0n) is 11.9. The molecule has 0 amide bonds. The fraction of sp³-hybridized carbons (Fsp3) is 0.571. The number of sulfonamides is 1. The molecule has 2 rings (SSSR count). The Morgan fingerprint density at radius 3 is 2.38 bits per heavy atom. The standard InChI is InChI=1S/C14H20Cl2N2O2S/c1-18(13-8-3-2-5-10(13)9-17)21(19,20)14-11(15)6-4-7-12(14)16/h4,6-7,10,13H,2-3,5,8-9,17H2,1H3. The van der Waals surface area contributed by atoms with Crippen molar-refractivity contribution in [2.75, 3.05) is 13.6 Å². The van der Waals surface area contributed by atoms with E-state index in [1.54, 1.807) is 13.1 Å². The number of hydrogen-bond acceptors (Lipinski definition) is 3. The van der Waals surface area contributed by atoms with Crippen LogP contribution in [0.1, 0.15) is 25.7 Å². The van der Waals surface area contributed by atoms with Crippen LogP contribution in [0.4, 0.5) is 0 Å². The number of nitrogens with two attached hydrogens (primary N) is 1. The van der Waals surface area contributed by atoms with Crippen LogP contribution in [-0.2, 0) is 10.0 Å². The van der Waals surface area contributed by atoms with Crippen LogP contribution in [0.3, 0.4) is 0 Å². The van der Waals surface area contributed by atoms with Crippen molar-refractivity contribution < 1.29 is 8.42 Å². The summed E-state index contributed by atoms with van der Waals surface area (Å²) in [5.41, 5.74) is 5.80. The van der Waals surface area contributed by atoms with Gasteiger partial charge in [-0.1, -0.05) is 42.1 Å². The molecule has 1 aliphatic carbocycles. The maximum atomic E-state index is 12.9. The monoisotopic (exact) mass is 350 g/mol. The van der Waals surface area contributed by atoms with Gasteiger partial charge in [-0.3, -0.25) is 0 Å². The number of hydrogen-bond donors (Lipinski definition) is 1. The predicted octanol–water partition coefficient (Wildman–Crippen LogP) is 3.13. The molecule has 1 saturated carbocycles. The average Bonchev–Trinajstić information content (AvgIpc) is 2.46. The minimum absolute atomic E-state index is 0.0165. The molecule has 0 heterocycles. The maximum absolute atomic E-state index is 12.9. The average molecular weight is 351 g/mol. The molecule has 7 heteroatoms. The Balaban J connectivity index is 2.38. The first-order valence-corrected chi connectivity index (χ1v) is 9.21. The molecule has 1 fully saturated rings. The lowest BCUT2D eigenvalue weighted by atomic mass is 9.85. The van der Waals surface area contributed by atoms with Crippen LogP contribution in [0, 0.1) is 5.92 Å². The molecule has 0 saturated heterocycles. The van der Waals surface area contributed by atoms with Gasteiger partial charge in [0.1, 0.15) is 4.90 Å². The number of nitrogens with zero attached hydrogens (tertiary/aromatic N) is 1. The van der Waals surface area contributed by atoms with Gasteiger partial charge in [0.05, 0.1) is 10.0 Å². The third-order valence-corrected chi connectivity index (χ3v) is 7.03. The van der Waals surface area contributed by atoms with Gasteiger partial charge < -0.3 is 5.73 Å². The van der Waals surface area contributed by atoms with Gasteiger partial charge in [0, 0.05) is 13.1 Å². The lowest BCUT2D eigenvalue weighted by molar-refractivity contribution is 0.204. The minimum Gasteiger partial charge on any atom is -0.330 e. The summed E-state index contributed by atoms with van der Waals surface area (Å²) in [5, 5.41) is 0.295. The quantitative estimate of drug-likeness (QED) is 0.907. The number of rotatable bonds is 4. The van der Waals surface area contributed by atoms with Gasteiger partial charge in [0.2, 0.25) is 10.0 Å². The summed E-state index contributed by atoms with van der Waals surface area (Å²) in [7, 11) is -2.14.